The average Bonchev–Trinajstić information content (AvgIpc) is 2.81. The fourth-order valence-electron chi connectivity index (χ4n) is 4.00. The van der Waals surface area contributed by atoms with E-state index in [1.807, 2.05) is 0 Å². The van der Waals surface area contributed by atoms with Crippen molar-refractivity contribution in [1.29, 1.82) is 0 Å². The number of aromatic amines is 1. The largest absolute Gasteiger partial charge is 0.362 e. The van der Waals surface area contributed by atoms with Crippen LogP contribution in [0.2, 0.25) is 0 Å². The fraction of sp³-hybridized carbons (Fsp3) is 0.778. The van der Waals surface area contributed by atoms with E-state index in [2.05, 4.69) is 4.98 Å². The average molecular weight is 259 g/mol. The molecule has 1 N–H and O–H groups in total. The maximum atomic E-state index is 3.85. The molecule has 0 unspecified atom stereocenters. The molecule has 0 amide bonds. The monoisotopic (exact) mass is 259 g/mol. The van der Waals surface area contributed by atoms with Gasteiger partial charge in [0, 0.05) is 11.4 Å². The van der Waals surface area contributed by atoms with Crippen LogP contribution in [-0.2, 0) is 25.7 Å². The van der Waals surface area contributed by atoms with Gasteiger partial charge in [-0.3, -0.25) is 0 Å². The van der Waals surface area contributed by atoms with Crippen LogP contribution in [0, 0.1) is 0 Å². The van der Waals surface area contributed by atoms with E-state index >= 15 is 0 Å². The lowest BCUT2D eigenvalue weighted by molar-refractivity contribution is 0.625. The summed E-state index contributed by atoms with van der Waals surface area (Å²) in [6, 6.07) is 0. The lowest BCUT2D eigenvalue weighted by atomic mass is 9.97. The highest BCUT2D eigenvalue weighted by molar-refractivity contribution is 5.38. The third-order valence-corrected chi connectivity index (χ3v) is 5.10. The molecule has 106 valence electrons. The number of hydrogen-bond acceptors (Lipinski definition) is 0. The van der Waals surface area contributed by atoms with Crippen molar-refractivity contribution in [2.24, 2.45) is 0 Å². The molecule has 2 aliphatic rings. The normalized spacial score (nSPS) is 21.9. The molecule has 0 aliphatic heterocycles. The number of nitrogens with one attached hydrogen (secondary N) is 1. The molecule has 2 aliphatic carbocycles. The molecule has 0 saturated carbocycles. The maximum absolute atomic E-state index is 3.85. The van der Waals surface area contributed by atoms with E-state index in [-0.39, 0.29) is 0 Å². The summed E-state index contributed by atoms with van der Waals surface area (Å²) in [7, 11) is 0. The number of fused-ring (bicyclic) bond motifs is 3. The molecule has 0 aromatic carbocycles. The Labute approximate surface area is 118 Å². The minimum atomic E-state index is 1.31. The van der Waals surface area contributed by atoms with Crippen molar-refractivity contribution in [2.45, 2.75) is 89.9 Å². The van der Waals surface area contributed by atoms with Gasteiger partial charge < -0.3 is 4.98 Å². The highest BCUT2D eigenvalue weighted by atomic mass is 14.7. The smallest absolute Gasteiger partial charge is 0.0184 e. The summed E-state index contributed by atoms with van der Waals surface area (Å²) < 4.78 is 0. The second kappa shape index (κ2) is 6.63. The van der Waals surface area contributed by atoms with Crippen molar-refractivity contribution in [2.75, 3.05) is 0 Å². The molecule has 0 saturated heterocycles. The van der Waals surface area contributed by atoms with Crippen LogP contribution in [0.15, 0.2) is 0 Å². The zero-order valence-electron chi connectivity index (χ0n) is 12.4. The van der Waals surface area contributed by atoms with E-state index in [0.717, 1.165) is 0 Å². The standard InChI is InChI=1S/C18H29N/c1-3-7-11-15-16-12-8-4-2-6-10-14-18(16)19-17(15)13-9-5-1/h19H,1-14H2. The van der Waals surface area contributed by atoms with E-state index < -0.39 is 0 Å². The Kier molecular flexibility index (Phi) is 4.63. The molecule has 1 aromatic rings. The second-order valence-electron chi connectivity index (χ2n) is 6.57. The molecule has 0 fully saturated rings. The van der Waals surface area contributed by atoms with E-state index in [1.54, 1.807) is 22.5 Å². The highest BCUT2D eigenvalue weighted by Gasteiger charge is 2.18. The third kappa shape index (κ3) is 3.24. The van der Waals surface area contributed by atoms with Crippen molar-refractivity contribution in [3.8, 4) is 0 Å². The van der Waals surface area contributed by atoms with Crippen LogP contribution in [0.25, 0.3) is 0 Å². The van der Waals surface area contributed by atoms with Gasteiger partial charge in [-0.15, -0.1) is 0 Å². The van der Waals surface area contributed by atoms with E-state index in [4.69, 9.17) is 0 Å². The molecular weight excluding hydrogens is 230 g/mol. The van der Waals surface area contributed by atoms with Crippen molar-refractivity contribution in [1.82, 2.24) is 4.98 Å². The predicted molar refractivity (Wildman–Crippen MR) is 81.8 cm³/mol. The molecule has 0 spiro atoms. The summed E-state index contributed by atoms with van der Waals surface area (Å²) >= 11 is 0. The van der Waals surface area contributed by atoms with Crippen molar-refractivity contribution in [3.63, 3.8) is 0 Å². The van der Waals surface area contributed by atoms with Gasteiger partial charge in [0.2, 0.25) is 0 Å². The van der Waals surface area contributed by atoms with Crippen LogP contribution in [0.3, 0.4) is 0 Å². The molecular formula is C18H29N. The van der Waals surface area contributed by atoms with Gasteiger partial charge in [0.25, 0.3) is 0 Å². The minimum absolute atomic E-state index is 1.31. The van der Waals surface area contributed by atoms with Crippen LogP contribution < -0.4 is 0 Å². The van der Waals surface area contributed by atoms with E-state index in [0.29, 0.717) is 0 Å². The SMILES string of the molecule is C1CCCc2[nH]c3c(c2CCC1)CCCCCCC3. The van der Waals surface area contributed by atoms with Gasteiger partial charge in [0.15, 0.2) is 0 Å². The summed E-state index contributed by atoms with van der Waals surface area (Å²) in [5, 5.41) is 0. The van der Waals surface area contributed by atoms with Crippen LogP contribution in [0.4, 0.5) is 0 Å². The Morgan fingerprint density at radius 3 is 1.26 bits per heavy atom. The maximum Gasteiger partial charge on any atom is 0.0184 e. The molecule has 1 heterocycles. The summed E-state index contributed by atoms with van der Waals surface area (Å²) in [6.07, 6.45) is 19.6. The van der Waals surface area contributed by atoms with Crippen LogP contribution >= 0.6 is 0 Å². The molecule has 1 aromatic heterocycles. The fourth-order valence-corrected chi connectivity index (χ4v) is 4.00. The van der Waals surface area contributed by atoms with Gasteiger partial charge in [-0.2, -0.15) is 0 Å². The first-order valence-corrected chi connectivity index (χ1v) is 8.66. The zero-order valence-corrected chi connectivity index (χ0v) is 12.4. The number of aryl methyl sites for hydroxylation is 2. The third-order valence-electron chi connectivity index (χ3n) is 5.10. The van der Waals surface area contributed by atoms with Crippen molar-refractivity contribution in [3.05, 3.63) is 22.5 Å². The Bertz CT molecular complexity index is 366. The molecule has 19 heavy (non-hydrogen) atoms. The molecule has 0 radical (unpaired) electrons. The first-order valence-electron chi connectivity index (χ1n) is 8.66. The van der Waals surface area contributed by atoms with E-state index in [9.17, 15) is 0 Å². The Morgan fingerprint density at radius 2 is 0.789 bits per heavy atom. The number of H-pyrrole nitrogens is 1. The van der Waals surface area contributed by atoms with Gasteiger partial charge in [0.05, 0.1) is 0 Å². The van der Waals surface area contributed by atoms with Gasteiger partial charge in [-0.05, 0) is 62.5 Å². The van der Waals surface area contributed by atoms with Gasteiger partial charge in [-0.25, -0.2) is 0 Å². The number of hydrogen-bond donors (Lipinski definition) is 1. The van der Waals surface area contributed by atoms with Gasteiger partial charge in [-0.1, -0.05) is 38.5 Å². The predicted octanol–water partition coefficient (Wildman–Crippen LogP) is 5.11. The summed E-state index contributed by atoms with van der Waals surface area (Å²) in [5.74, 6) is 0. The summed E-state index contributed by atoms with van der Waals surface area (Å²) in [5.41, 5.74) is 6.73. The first kappa shape index (κ1) is 13.3. The molecule has 0 atom stereocenters. The summed E-state index contributed by atoms with van der Waals surface area (Å²) in [4.78, 5) is 3.85. The number of aromatic nitrogens is 1. The Balaban J connectivity index is 1.87. The minimum Gasteiger partial charge on any atom is -0.362 e. The Hall–Kier alpha value is -0.720. The first-order chi connectivity index (χ1) is 9.45. The lowest BCUT2D eigenvalue weighted by Crippen LogP contribution is -1.96. The van der Waals surface area contributed by atoms with Crippen LogP contribution in [0.5, 0.6) is 0 Å². The molecule has 0 bridgehead atoms. The van der Waals surface area contributed by atoms with Gasteiger partial charge in [0.1, 0.15) is 0 Å². The Morgan fingerprint density at radius 1 is 0.421 bits per heavy atom. The van der Waals surface area contributed by atoms with Crippen molar-refractivity contribution < 1.29 is 0 Å². The van der Waals surface area contributed by atoms with Gasteiger partial charge >= 0.3 is 0 Å². The number of rotatable bonds is 0. The molecule has 3 rings (SSSR count). The van der Waals surface area contributed by atoms with Crippen LogP contribution in [-0.4, -0.2) is 4.98 Å². The van der Waals surface area contributed by atoms with E-state index in [1.165, 1.54) is 89.9 Å². The highest BCUT2D eigenvalue weighted by Crippen LogP contribution is 2.29. The molecule has 1 heteroatoms. The molecule has 1 nitrogen and oxygen atoms in total. The zero-order chi connectivity index (χ0) is 12.9. The van der Waals surface area contributed by atoms with Crippen LogP contribution in [0.1, 0.15) is 86.7 Å². The topological polar surface area (TPSA) is 15.8 Å². The quantitative estimate of drug-likeness (QED) is 0.666. The van der Waals surface area contributed by atoms with Crippen molar-refractivity contribution >= 4 is 0 Å². The second-order valence-corrected chi connectivity index (χ2v) is 6.57. The lowest BCUT2D eigenvalue weighted by Gasteiger charge is -2.07. The summed E-state index contributed by atoms with van der Waals surface area (Å²) in [6.45, 7) is 0.